The topological polar surface area (TPSA) is 76.2 Å². The van der Waals surface area contributed by atoms with Gasteiger partial charge in [-0.1, -0.05) is 5.16 Å². The van der Waals surface area contributed by atoms with Crippen LogP contribution in [0.2, 0.25) is 0 Å². The standard InChI is InChI=1S/C14H16F3N5O2/c1-21(13(23)19-11-4-5-24-20-11)6-9-2-3-12-18-10(14(15,16)17)8-22(12)7-9/h4-5,8-9H,2-3,6-7H2,1H3,(H,19,20,23)/t9-/m0/s1. The van der Waals surface area contributed by atoms with Crippen molar-refractivity contribution in [2.24, 2.45) is 5.92 Å². The number of anilines is 1. The zero-order chi connectivity index (χ0) is 17.3. The first-order valence-corrected chi connectivity index (χ1v) is 7.38. The smallest absolute Gasteiger partial charge is 0.363 e. The van der Waals surface area contributed by atoms with Crippen LogP contribution < -0.4 is 5.32 Å². The van der Waals surface area contributed by atoms with E-state index in [4.69, 9.17) is 0 Å². The van der Waals surface area contributed by atoms with E-state index in [2.05, 4.69) is 20.0 Å². The van der Waals surface area contributed by atoms with Crippen molar-refractivity contribution < 1.29 is 22.5 Å². The molecule has 130 valence electrons. The summed E-state index contributed by atoms with van der Waals surface area (Å²) in [6.45, 7) is 0.822. The van der Waals surface area contributed by atoms with Gasteiger partial charge in [0.2, 0.25) is 0 Å². The third-order valence-electron chi connectivity index (χ3n) is 3.93. The number of carbonyl (C=O) groups is 1. The van der Waals surface area contributed by atoms with Crippen molar-refractivity contribution in [3.05, 3.63) is 30.0 Å². The Bertz CT molecular complexity index is 711. The average Bonchev–Trinajstić information content (AvgIpc) is 3.15. The molecule has 2 aromatic rings. The van der Waals surface area contributed by atoms with E-state index in [1.165, 1.54) is 21.8 Å². The van der Waals surface area contributed by atoms with Crippen molar-refractivity contribution in [2.45, 2.75) is 25.6 Å². The lowest BCUT2D eigenvalue weighted by molar-refractivity contribution is -0.141. The Hall–Kier alpha value is -2.52. The van der Waals surface area contributed by atoms with E-state index < -0.39 is 11.9 Å². The molecular weight excluding hydrogens is 327 g/mol. The van der Waals surface area contributed by atoms with Crippen molar-refractivity contribution in [1.29, 1.82) is 0 Å². The van der Waals surface area contributed by atoms with Crippen LogP contribution in [0.1, 0.15) is 17.9 Å². The highest BCUT2D eigenvalue weighted by atomic mass is 19.4. The van der Waals surface area contributed by atoms with Gasteiger partial charge in [-0.3, -0.25) is 5.32 Å². The molecule has 2 aromatic heterocycles. The molecule has 0 bridgehead atoms. The van der Waals surface area contributed by atoms with Crippen molar-refractivity contribution in [3.63, 3.8) is 0 Å². The van der Waals surface area contributed by atoms with Gasteiger partial charge in [-0.2, -0.15) is 13.2 Å². The van der Waals surface area contributed by atoms with Crippen LogP contribution in [0, 0.1) is 5.92 Å². The molecule has 1 aliphatic heterocycles. The molecule has 0 spiro atoms. The van der Waals surface area contributed by atoms with Gasteiger partial charge in [0.05, 0.1) is 0 Å². The number of halogens is 3. The lowest BCUT2D eigenvalue weighted by Gasteiger charge is -2.28. The second kappa shape index (κ2) is 6.17. The minimum atomic E-state index is -4.44. The summed E-state index contributed by atoms with van der Waals surface area (Å²) >= 11 is 0. The zero-order valence-electron chi connectivity index (χ0n) is 12.9. The number of rotatable bonds is 3. The highest BCUT2D eigenvalue weighted by Gasteiger charge is 2.36. The van der Waals surface area contributed by atoms with Gasteiger partial charge in [-0.05, 0) is 12.3 Å². The van der Waals surface area contributed by atoms with Gasteiger partial charge in [-0.25, -0.2) is 9.78 Å². The number of nitrogens with one attached hydrogen (secondary N) is 1. The van der Waals surface area contributed by atoms with Gasteiger partial charge < -0.3 is 14.0 Å². The van der Waals surface area contributed by atoms with E-state index in [1.54, 1.807) is 7.05 Å². The van der Waals surface area contributed by atoms with Gasteiger partial charge in [0.1, 0.15) is 12.1 Å². The summed E-state index contributed by atoms with van der Waals surface area (Å²) in [5, 5.41) is 6.16. The first-order valence-electron chi connectivity index (χ1n) is 7.38. The third kappa shape index (κ3) is 3.52. The zero-order valence-corrected chi connectivity index (χ0v) is 12.9. The quantitative estimate of drug-likeness (QED) is 0.929. The van der Waals surface area contributed by atoms with E-state index in [-0.39, 0.29) is 11.9 Å². The van der Waals surface area contributed by atoms with E-state index in [0.29, 0.717) is 37.6 Å². The minimum Gasteiger partial charge on any atom is -0.363 e. The second-order valence-electron chi connectivity index (χ2n) is 5.79. The molecular formula is C14H16F3N5O2. The number of carbonyl (C=O) groups excluding carboxylic acids is 1. The highest BCUT2D eigenvalue weighted by molar-refractivity contribution is 5.87. The minimum absolute atomic E-state index is 0.0563. The molecule has 0 saturated heterocycles. The summed E-state index contributed by atoms with van der Waals surface area (Å²) < 4.78 is 44.3. The van der Waals surface area contributed by atoms with Crippen LogP contribution in [0.4, 0.5) is 23.8 Å². The fraction of sp³-hybridized carbons (Fsp3) is 0.500. The summed E-state index contributed by atoms with van der Waals surface area (Å²) in [4.78, 5) is 17.2. The Morgan fingerprint density at radius 2 is 2.33 bits per heavy atom. The van der Waals surface area contributed by atoms with E-state index in [0.717, 1.165) is 6.20 Å². The normalized spacial score (nSPS) is 17.4. The molecule has 1 atom stereocenters. The molecule has 0 fully saturated rings. The molecule has 1 aliphatic rings. The summed E-state index contributed by atoms with van der Waals surface area (Å²) in [5.74, 6) is 0.802. The number of aromatic nitrogens is 3. The number of alkyl halides is 3. The van der Waals surface area contributed by atoms with Crippen LogP contribution in [-0.4, -0.2) is 39.2 Å². The van der Waals surface area contributed by atoms with Crippen LogP contribution in [0.25, 0.3) is 0 Å². The fourth-order valence-corrected chi connectivity index (χ4v) is 2.75. The molecule has 0 aromatic carbocycles. The summed E-state index contributed by atoms with van der Waals surface area (Å²) in [6, 6.07) is 1.17. The summed E-state index contributed by atoms with van der Waals surface area (Å²) in [7, 11) is 1.62. The van der Waals surface area contributed by atoms with Crippen molar-refractivity contribution in [2.75, 3.05) is 18.9 Å². The molecule has 0 unspecified atom stereocenters. The number of nitrogens with zero attached hydrogens (tertiary/aromatic N) is 4. The van der Waals surface area contributed by atoms with E-state index in [1.807, 2.05) is 0 Å². The Balaban J connectivity index is 1.59. The second-order valence-corrected chi connectivity index (χ2v) is 5.79. The molecule has 2 amide bonds. The molecule has 0 radical (unpaired) electrons. The van der Waals surface area contributed by atoms with Crippen LogP contribution in [-0.2, 0) is 19.1 Å². The Morgan fingerprint density at radius 3 is 3.00 bits per heavy atom. The molecule has 0 aliphatic carbocycles. The maximum absolute atomic E-state index is 12.7. The van der Waals surface area contributed by atoms with Gasteiger partial charge >= 0.3 is 12.2 Å². The number of hydrogen-bond acceptors (Lipinski definition) is 4. The highest BCUT2D eigenvalue weighted by Crippen LogP contribution is 2.30. The van der Waals surface area contributed by atoms with Gasteiger partial charge in [0.25, 0.3) is 0 Å². The SMILES string of the molecule is CN(C[C@@H]1CCc2nc(C(F)(F)F)cn2C1)C(=O)Nc1ccon1. The predicted octanol–water partition coefficient (Wildman–Crippen LogP) is 2.62. The maximum atomic E-state index is 12.7. The van der Waals surface area contributed by atoms with Crippen LogP contribution >= 0.6 is 0 Å². The molecule has 1 N–H and O–H groups in total. The largest absolute Gasteiger partial charge is 0.434 e. The van der Waals surface area contributed by atoms with Crippen LogP contribution in [0.3, 0.4) is 0 Å². The number of imidazole rings is 1. The molecule has 7 nitrogen and oxygen atoms in total. The van der Waals surface area contributed by atoms with Gasteiger partial charge in [-0.15, -0.1) is 0 Å². The van der Waals surface area contributed by atoms with Crippen molar-refractivity contribution in [3.8, 4) is 0 Å². The molecule has 24 heavy (non-hydrogen) atoms. The molecule has 3 heterocycles. The first-order chi connectivity index (χ1) is 11.3. The molecule has 10 heteroatoms. The maximum Gasteiger partial charge on any atom is 0.434 e. The average molecular weight is 343 g/mol. The summed E-state index contributed by atoms with van der Waals surface area (Å²) in [6.07, 6.45) is -0.921. The van der Waals surface area contributed by atoms with Gasteiger partial charge in [0.15, 0.2) is 11.5 Å². The first kappa shape index (κ1) is 16.3. The third-order valence-corrected chi connectivity index (χ3v) is 3.93. The number of aryl methyl sites for hydroxylation is 1. The van der Waals surface area contributed by atoms with E-state index >= 15 is 0 Å². The Labute approximate surface area is 135 Å². The van der Waals surface area contributed by atoms with Gasteiger partial charge in [0, 0.05) is 38.8 Å². The number of urea groups is 1. The fourth-order valence-electron chi connectivity index (χ4n) is 2.75. The Kier molecular flexibility index (Phi) is 4.20. The molecule has 3 rings (SSSR count). The number of amides is 2. The summed E-state index contributed by atoms with van der Waals surface area (Å²) in [5.41, 5.74) is -0.865. The Morgan fingerprint density at radius 1 is 1.54 bits per heavy atom. The predicted molar refractivity (Wildman–Crippen MR) is 77.2 cm³/mol. The lowest BCUT2D eigenvalue weighted by Crippen LogP contribution is -2.37. The van der Waals surface area contributed by atoms with Crippen LogP contribution in [0.15, 0.2) is 23.0 Å². The number of fused-ring (bicyclic) bond motifs is 1. The number of hydrogen-bond donors (Lipinski definition) is 1. The monoisotopic (exact) mass is 343 g/mol. The molecule has 0 saturated carbocycles. The lowest BCUT2D eigenvalue weighted by atomic mass is 9.99. The van der Waals surface area contributed by atoms with E-state index in [9.17, 15) is 18.0 Å². The van der Waals surface area contributed by atoms with Crippen molar-refractivity contribution in [1.82, 2.24) is 19.6 Å². The van der Waals surface area contributed by atoms with Crippen molar-refractivity contribution >= 4 is 11.8 Å². The van der Waals surface area contributed by atoms with Crippen LogP contribution in [0.5, 0.6) is 0 Å².